The fraction of sp³-hybridized carbons (Fsp3) is 0.294. The Morgan fingerprint density at radius 3 is 2.40 bits per heavy atom. The van der Waals surface area contributed by atoms with Crippen LogP contribution in [0.4, 0.5) is 0 Å². The number of nitrogens with one attached hydrogen (secondary N) is 1. The molecule has 1 fully saturated rings. The van der Waals surface area contributed by atoms with Gasteiger partial charge in [-0.05, 0) is 41.5 Å². The van der Waals surface area contributed by atoms with Gasteiger partial charge in [0, 0.05) is 6.04 Å². The first-order valence-electron chi connectivity index (χ1n) is 6.98. The maximum Gasteiger partial charge on any atom is 0.118 e. The average molecular weight is 268 g/mol. The first-order chi connectivity index (χ1) is 9.83. The van der Waals surface area contributed by atoms with E-state index in [1.165, 1.54) is 17.5 Å². The second kappa shape index (κ2) is 5.65. The molecule has 0 bridgehead atoms. The van der Waals surface area contributed by atoms with Gasteiger partial charge in [-0.25, -0.2) is 0 Å². The summed E-state index contributed by atoms with van der Waals surface area (Å²) in [5.74, 6) is 7.83. The van der Waals surface area contributed by atoms with Crippen LogP contribution in [0.2, 0.25) is 0 Å². The van der Waals surface area contributed by atoms with Gasteiger partial charge in [0.05, 0.1) is 7.11 Å². The van der Waals surface area contributed by atoms with E-state index >= 15 is 0 Å². The zero-order valence-electron chi connectivity index (χ0n) is 11.6. The molecule has 1 aliphatic rings. The molecule has 20 heavy (non-hydrogen) atoms. The summed E-state index contributed by atoms with van der Waals surface area (Å²) in [6.07, 6.45) is 1.19. The lowest BCUT2D eigenvalue weighted by Gasteiger charge is -2.17. The van der Waals surface area contributed by atoms with Gasteiger partial charge in [0.15, 0.2) is 0 Å². The standard InChI is InChI=1S/C17H20N2O/c1-20-14-9-7-13(8-10-14)17(19-18)16-11-15(16)12-5-3-2-4-6-12/h2-10,15-17,19H,11,18H2,1H3. The van der Waals surface area contributed by atoms with Crippen molar-refractivity contribution in [2.24, 2.45) is 11.8 Å². The summed E-state index contributed by atoms with van der Waals surface area (Å²) < 4.78 is 5.20. The minimum absolute atomic E-state index is 0.200. The van der Waals surface area contributed by atoms with E-state index in [-0.39, 0.29) is 6.04 Å². The van der Waals surface area contributed by atoms with Crippen molar-refractivity contribution in [3.8, 4) is 5.75 Å². The molecule has 0 saturated heterocycles. The van der Waals surface area contributed by atoms with Crippen molar-refractivity contribution in [1.29, 1.82) is 0 Å². The molecule has 2 aromatic rings. The number of methoxy groups -OCH3 is 1. The van der Waals surface area contributed by atoms with Crippen LogP contribution in [0, 0.1) is 5.92 Å². The van der Waals surface area contributed by atoms with Crippen molar-refractivity contribution in [3.63, 3.8) is 0 Å². The molecule has 3 rings (SSSR count). The molecule has 104 valence electrons. The molecule has 3 N–H and O–H groups in total. The first kappa shape index (κ1) is 13.2. The molecule has 3 heteroatoms. The largest absolute Gasteiger partial charge is 0.497 e. The molecule has 3 nitrogen and oxygen atoms in total. The third kappa shape index (κ3) is 2.55. The fourth-order valence-corrected chi connectivity index (χ4v) is 2.94. The van der Waals surface area contributed by atoms with Gasteiger partial charge in [-0.1, -0.05) is 42.5 Å². The van der Waals surface area contributed by atoms with Gasteiger partial charge in [0.1, 0.15) is 5.75 Å². The highest BCUT2D eigenvalue weighted by molar-refractivity contribution is 5.33. The molecule has 0 spiro atoms. The summed E-state index contributed by atoms with van der Waals surface area (Å²) in [4.78, 5) is 0. The highest BCUT2D eigenvalue weighted by Crippen LogP contribution is 2.53. The number of ether oxygens (including phenoxy) is 1. The normalized spacial score (nSPS) is 22.3. The Kier molecular flexibility index (Phi) is 3.72. The van der Waals surface area contributed by atoms with E-state index < -0.39 is 0 Å². The van der Waals surface area contributed by atoms with Gasteiger partial charge in [-0.15, -0.1) is 0 Å². The summed E-state index contributed by atoms with van der Waals surface area (Å²) in [5.41, 5.74) is 5.60. The summed E-state index contributed by atoms with van der Waals surface area (Å²) in [5, 5.41) is 0. The number of hydrogen-bond donors (Lipinski definition) is 2. The van der Waals surface area contributed by atoms with E-state index in [4.69, 9.17) is 10.6 Å². The number of rotatable bonds is 5. The van der Waals surface area contributed by atoms with E-state index in [1.807, 2.05) is 12.1 Å². The lowest BCUT2D eigenvalue weighted by Crippen LogP contribution is -2.29. The Balaban J connectivity index is 1.75. The Bertz CT molecular complexity index is 553. The molecule has 1 saturated carbocycles. The summed E-state index contributed by atoms with van der Waals surface area (Å²) >= 11 is 0. The quantitative estimate of drug-likeness (QED) is 0.647. The van der Waals surface area contributed by atoms with Crippen molar-refractivity contribution in [1.82, 2.24) is 5.43 Å². The third-order valence-electron chi connectivity index (χ3n) is 4.15. The Hall–Kier alpha value is -1.84. The molecule has 3 unspecified atom stereocenters. The summed E-state index contributed by atoms with van der Waals surface area (Å²) in [7, 11) is 1.68. The van der Waals surface area contributed by atoms with Crippen LogP contribution in [0.15, 0.2) is 54.6 Å². The van der Waals surface area contributed by atoms with E-state index in [9.17, 15) is 0 Å². The molecule has 1 aliphatic carbocycles. The van der Waals surface area contributed by atoms with Crippen molar-refractivity contribution < 1.29 is 4.74 Å². The van der Waals surface area contributed by atoms with E-state index in [0.29, 0.717) is 11.8 Å². The minimum atomic E-state index is 0.200. The molecular weight excluding hydrogens is 248 g/mol. The van der Waals surface area contributed by atoms with Crippen LogP contribution in [0.3, 0.4) is 0 Å². The second-order valence-corrected chi connectivity index (χ2v) is 5.33. The highest BCUT2D eigenvalue weighted by atomic mass is 16.5. The number of hydrazine groups is 1. The molecule has 0 radical (unpaired) electrons. The smallest absolute Gasteiger partial charge is 0.118 e. The third-order valence-corrected chi connectivity index (χ3v) is 4.15. The van der Waals surface area contributed by atoms with Gasteiger partial charge in [0.25, 0.3) is 0 Å². The maximum atomic E-state index is 5.78. The minimum Gasteiger partial charge on any atom is -0.497 e. The number of benzene rings is 2. The van der Waals surface area contributed by atoms with Crippen LogP contribution >= 0.6 is 0 Å². The van der Waals surface area contributed by atoms with Crippen LogP contribution in [-0.4, -0.2) is 7.11 Å². The van der Waals surface area contributed by atoms with Crippen LogP contribution < -0.4 is 16.0 Å². The van der Waals surface area contributed by atoms with Crippen LogP contribution in [0.1, 0.15) is 29.5 Å². The Labute approximate surface area is 119 Å². The Morgan fingerprint density at radius 1 is 1.10 bits per heavy atom. The average Bonchev–Trinajstić information content (AvgIpc) is 3.30. The molecule has 0 aliphatic heterocycles. The zero-order chi connectivity index (χ0) is 13.9. The topological polar surface area (TPSA) is 47.3 Å². The molecule has 0 amide bonds. The molecule has 2 aromatic carbocycles. The van der Waals surface area contributed by atoms with Gasteiger partial charge < -0.3 is 4.74 Å². The Morgan fingerprint density at radius 2 is 1.80 bits per heavy atom. The fourth-order valence-electron chi connectivity index (χ4n) is 2.94. The van der Waals surface area contributed by atoms with Gasteiger partial charge in [-0.2, -0.15) is 0 Å². The van der Waals surface area contributed by atoms with Gasteiger partial charge >= 0.3 is 0 Å². The second-order valence-electron chi connectivity index (χ2n) is 5.33. The SMILES string of the molecule is COc1ccc(C(NN)C2CC2c2ccccc2)cc1. The molecule has 0 aromatic heterocycles. The molecule has 0 heterocycles. The van der Waals surface area contributed by atoms with E-state index in [0.717, 1.165) is 5.75 Å². The van der Waals surface area contributed by atoms with Crippen molar-refractivity contribution in [2.75, 3.05) is 7.11 Å². The van der Waals surface area contributed by atoms with Crippen LogP contribution in [0.5, 0.6) is 5.75 Å². The van der Waals surface area contributed by atoms with Crippen LogP contribution in [0.25, 0.3) is 0 Å². The molecular formula is C17H20N2O. The predicted molar refractivity (Wildman–Crippen MR) is 80.3 cm³/mol. The summed E-state index contributed by atoms with van der Waals surface area (Å²) in [6, 6.07) is 19.0. The predicted octanol–water partition coefficient (Wildman–Crippen LogP) is 3.00. The van der Waals surface area contributed by atoms with Crippen molar-refractivity contribution in [2.45, 2.75) is 18.4 Å². The van der Waals surface area contributed by atoms with Crippen molar-refractivity contribution in [3.05, 3.63) is 65.7 Å². The van der Waals surface area contributed by atoms with Gasteiger partial charge in [0.2, 0.25) is 0 Å². The highest BCUT2D eigenvalue weighted by Gasteiger charge is 2.43. The lowest BCUT2D eigenvalue weighted by atomic mass is 9.99. The molecule has 3 atom stereocenters. The maximum absolute atomic E-state index is 5.78. The number of nitrogens with two attached hydrogens (primary N) is 1. The van der Waals surface area contributed by atoms with E-state index in [1.54, 1.807) is 7.11 Å². The monoisotopic (exact) mass is 268 g/mol. The van der Waals surface area contributed by atoms with E-state index in [2.05, 4.69) is 47.9 Å². The summed E-state index contributed by atoms with van der Waals surface area (Å²) in [6.45, 7) is 0. The lowest BCUT2D eigenvalue weighted by molar-refractivity contribution is 0.413. The number of hydrogen-bond acceptors (Lipinski definition) is 3. The zero-order valence-corrected chi connectivity index (χ0v) is 11.6. The first-order valence-corrected chi connectivity index (χ1v) is 6.98. The van der Waals surface area contributed by atoms with Crippen LogP contribution in [-0.2, 0) is 0 Å². The van der Waals surface area contributed by atoms with Gasteiger partial charge in [-0.3, -0.25) is 11.3 Å². The van der Waals surface area contributed by atoms with Crippen molar-refractivity contribution >= 4 is 0 Å².